The fraction of sp³-hybridized carbons (Fsp3) is 0.375. The number of nitrogens with zero attached hydrogens (tertiary/aromatic N) is 1. The van der Waals surface area contributed by atoms with Crippen molar-refractivity contribution in [3.8, 4) is 0 Å². The average Bonchev–Trinajstić information content (AvgIpc) is 3.26. The summed E-state index contributed by atoms with van der Waals surface area (Å²) in [7, 11) is 0. The molecule has 1 unspecified atom stereocenters. The quantitative estimate of drug-likeness (QED) is 0.922. The van der Waals surface area contributed by atoms with E-state index in [1.54, 1.807) is 23.5 Å². The van der Waals surface area contributed by atoms with Crippen LogP contribution in [-0.4, -0.2) is 29.8 Å². The third-order valence-electron chi connectivity index (χ3n) is 3.81. The van der Waals surface area contributed by atoms with E-state index in [0.29, 0.717) is 13.0 Å². The molecule has 1 atom stereocenters. The maximum atomic E-state index is 12.4. The first-order valence-corrected chi connectivity index (χ1v) is 8.28. The number of furan rings is 1. The maximum Gasteiger partial charge on any atom is 0.286 e. The minimum Gasteiger partial charge on any atom is -0.459 e. The van der Waals surface area contributed by atoms with Gasteiger partial charge in [0, 0.05) is 24.4 Å². The van der Waals surface area contributed by atoms with E-state index >= 15 is 0 Å². The van der Waals surface area contributed by atoms with Crippen LogP contribution < -0.4 is 5.32 Å². The Morgan fingerprint density at radius 1 is 1.36 bits per heavy atom. The van der Waals surface area contributed by atoms with Crippen molar-refractivity contribution in [2.24, 2.45) is 0 Å². The van der Waals surface area contributed by atoms with Crippen LogP contribution >= 0.6 is 11.3 Å². The maximum absolute atomic E-state index is 12.4. The molecule has 1 aliphatic rings. The fourth-order valence-corrected chi connectivity index (χ4v) is 3.64. The standard InChI is InChI=1S/C16H18N2O3S/c19-15(7-8-17-16(20)13-5-2-10-21-13)18-9-1-4-12(18)14-6-3-11-22-14/h2-3,5-6,10-12H,1,4,7-9H2,(H,17,20). The molecule has 0 bridgehead atoms. The van der Waals surface area contributed by atoms with Crippen molar-refractivity contribution in [1.29, 1.82) is 0 Å². The summed E-state index contributed by atoms with van der Waals surface area (Å²) in [5.41, 5.74) is 0. The van der Waals surface area contributed by atoms with Gasteiger partial charge in [-0.2, -0.15) is 0 Å². The summed E-state index contributed by atoms with van der Waals surface area (Å²) in [4.78, 5) is 27.3. The Morgan fingerprint density at radius 2 is 2.27 bits per heavy atom. The molecule has 6 heteroatoms. The molecular formula is C16H18N2O3S. The number of hydrogen-bond donors (Lipinski definition) is 1. The van der Waals surface area contributed by atoms with Crippen LogP contribution in [0, 0.1) is 0 Å². The fourth-order valence-electron chi connectivity index (χ4n) is 2.76. The van der Waals surface area contributed by atoms with Crippen LogP contribution in [0.2, 0.25) is 0 Å². The van der Waals surface area contributed by atoms with Gasteiger partial charge in [0.05, 0.1) is 12.3 Å². The SMILES string of the molecule is O=C(NCCC(=O)N1CCCC1c1cccs1)c1ccco1. The number of hydrogen-bond acceptors (Lipinski definition) is 4. The van der Waals surface area contributed by atoms with E-state index < -0.39 is 0 Å². The molecule has 0 aliphatic carbocycles. The lowest BCUT2D eigenvalue weighted by atomic mass is 10.2. The molecule has 0 spiro atoms. The van der Waals surface area contributed by atoms with E-state index in [-0.39, 0.29) is 23.6 Å². The van der Waals surface area contributed by atoms with Crippen molar-refractivity contribution in [2.45, 2.75) is 25.3 Å². The molecule has 0 radical (unpaired) electrons. The van der Waals surface area contributed by atoms with Gasteiger partial charge in [-0.25, -0.2) is 0 Å². The van der Waals surface area contributed by atoms with Gasteiger partial charge in [0.2, 0.25) is 5.91 Å². The van der Waals surface area contributed by atoms with Crippen molar-refractivity contribution in [3.63, 3.8) is 0 Å². The molecule has 22 heavy (non-hydrogen) atoms. The monoisotopic (exact) mass is 318 g/mol. The lowest BCUT2D eigenvalue weighted by molar-refractivity contribution is -0.131. The van der Waals surface area contributed by atoms with Gasteiger partial charge in [-0.3, -0.25) is 9.59 Å². The minimum atomic E-state index is -0.283. The zero-order valence-electron chi connectivity index (χ0n) is 12.2. The molecule has 1 fully saturated rings. The van der Waals surface area contributed by atoms with Crippen LogP contribution in [-0.2, 0) is 4.79 Å². The second kappa shape index (κ2) is 6.79. The average molecular weight is 318 g/mol. The van der Waals surface area contributed by atoms with Gasteiger partial charge in [-0.15, -0.1) is 11.3 Å². The van der Waals surface area contributed by atoms with E-state index in [0.717, 1.165) is 19.4 Å². The van der Waals surface area contributed by atoms with E-state index in [1.165, 1.54) is 11.1 Å². The number of likely N-dealkylation sites (tertiary alicyclic amines) is 1. The Bertz CT molecular complexity index is 622. The van der Waals surface area contributed by atoms with Gasteiger partial charge in [-0.05, 0) is 36.4 Å². The zero-order valence-corrected chi connectivity index (χ0v) is 13.0. The van der Waals surface area contributed by atoms with E-state index in [4.69, 9.17) is 4.42 Å². The first-order chi connectivity index (χ1) is 10.8. The molecule has 0 aromatic carbocycles. The predicted octanol–water partition coefficient (Wildman–Crippen LogP) is 2.82. The Morgan fingerprint density at radius 3 is 3.00 bits per heavy atom. The molecular weight excluding hydrogens is 300 g/mol. The summed E-state index contributed by atoms with van der Waals surface area (Å²) in [6.45, 7) is 1.12. The molecule has 1 saturated heterocycles. The highest BCUT2D eigenvalue weighted by atomic mass is 32.1. The predicted molar refractivity (Wildman–Crippen MR) is 83.7 cm³/mol. The third-order valence-corrected chi connectivity index (χ3v) is 4.79. The largest absolute Gasteiger partial charge is 0.459 e. The number of nitrogens with one attached hydrogen (secondary N) is 1. The van der Waals surface area contributed by atoms with Gasteiger partial charge in [0.1, 0.15) is 0 Å². The van der Waals surface area contributed by atoms with Crippen molar-refractivity contribution in [2.75, 3.05) is 13.1 Å². The smallest absolute Gasteiger partial charge is 0.286 e. The van der Waals surface area contributed by atoms with Crippen LogP contribution in [0.15, 0.2) is 40.3 Å². The van der Waals surface area contributed by atoms with Crippen molar-refractivity contribution < 1.29 is 14.0 Å². The molecule has 2 aromatic heterocycles. The highest BCUT2D eigenvalue weighted by molar-refractivity contribution is 7.10. The minimum absolute atomic E-state index is 0.0932. The van der Waals surface area contributed by atoms with Gasteiger partial charge in [0.25, 0.3) is 5.91 Å². The molecule has 1 aliphatic heterocycles. The summed E-state index contributed by atoms with van der Waals surface area (Å²) in [5, 5.41) is 4.75. The lowest BCUT2D eigenvalue weighted by Crippen LogP contribution is -2.34. The van der Waals surface area contributed by atoms with E-state index in [1.807, 2.05) is 16.3 Å². The molecule has 5 nitrogen and oxygen atoms in total. The number of rotatable bonds is 5. The Labute approximate surface area is 132 Å². The summed E-state index contributed by atoms with van der Waals surface area (Å²) < 4.78 is 5.01. The Kier molecular flexibility index (Phi) is 4.58. The van der Waals surface area contributed by atoms with Crippen LogP contribution in [0.5, 0.6) is 0 Å². The normalized spacial score (nSPS) is 17.6. The molecule has 2 amide bonds. The summed E-state index contributed by atoms with van der Waals surface area (Å²) >= 11 is 1.69. The zero-order chi connectivity index (χ0) is 15.4. The number of thiophene rings is 1. The second-order valence-corrected chi connectivity index (χ2v) is 6.22. The van der Waals surface area contributed by atoms with Crippen molar-refractivity contribution >= 4 is 23.2 Å². The van der Waals surface area contributed by atoms with Gasteiger partial charge >= 0.3 is 0 Å². The Hall–Kier alpha value is -2.08. The number of amides is 2. The molecule has 3 heterocycles. The first-order valence-electron chi connectivity index (χ1n) is 7.40. The molecule has 116 valence electrons. The topological polar surface area (TPSA) is 62.6 Å². The van der Waals surface area contributed by atoms with Crippen molar-refractivity contribution in [3.05, 3.63) is 46.5 Å². The third kappa shape index (κ3) is 3.22. The molecule has 1 N–H and O–H groups in total. The first kappa shape index (κ1) is 14.8. The molecule has 2 aromatic rings. The highest BCUT2D eigenvalue weighted by Crippen LogP contribution is 2.34. The van der Waals surface area contributed by atoms with Crippen LogP contribution in [0.1, 0.15) is 40.7 Å². The molecule has 3 rings (SSSR count). The lowest BCUT2D eigenvalue weighted by Gasteiger charge is -2.24. The van der Waals surface area contributed by atoms with Crippen LogP contribution in [0.4, 0.5) is 0 Å². The highest BCUT2D eigenvalue weighted by Gasteiger charge is 2.30. The van der Waals surface area contributed by atoms with Crippen molar-refractivity contribution in [1.82, 2.24) is 10.2 Å². The van der Waals surface area contributed by atoms with E-state index in [2.05, 4.69) is 11.4 Å². The summed E-state index contributed by atoms with van der Waals surface area (Å²) in [6.07, 6.45) is 3.82. The van der Waals surface area contributed by atoms with Crippen LogP contribution in [0.25, 0.3) is 0 Å². The number of carbonyl (C=O) groups excluding carboxylic acids is 2. The van der Waals surface area contributed by atoms with Gasteiger partial charge in [-0.1, -0.05) is 6.07 Å². The second-order valence-electron chi connectivity index (χ2n) is 5.24. The van der Waals surface area contributed by atoms with E-state index in [9.17, 15) is 9.59 Å². The summed E-state index contributed by atoms with van der Waals surface area (Å²) in [6, 6.07) is 7.57. The Balaban J connectivity index is 1.50. The number of carbonyl (C=O) groups is 2. The van der Waals surface area contributed by atoms with Gasteiger partial charge < -0.3 is 14.6 Å². The molecule has 0 saturated carbocycles. The summed E-state index contributed by atoms with van der Waals surface area (Å²) in [5.74, 6) is 0.0785. The van der Waals surface area contributed by atoms with Crippen LogP contribution in [0.3, 0.4) is 0 Å². The van der Waals surface area contributed by atoms with Gasteiger partial charge in [0.15, 0.2) is 5.76 Å².